The number of hydrogen-bond acceptors (Lipinski definition) is 3. The Morgan fingerprint density at radius 2 is 0.978 bits per heavy atom. The maximum absolute atomic E-state index is 12.3. The molecule has 4 heteroatoms. The molecule has 0 aromatic rings. The summed E-state index contributed by atoms with van der Waals surface area (Å²) in [6.07, 6.45) is 54.9. The van der Waals surface area contributed by atoms with Crippen molar-refractivity contribution < 1.29 is 15.0 Å². The molecule has 0 saturated heterocycles. The molecule has 0 heterocycles. The number of carbonyl (C=O) groups excluding carboxylic acids is 1. The van der Waals surface area contributed by atoms with Gasteiger partial charge in [0.2, 0.25) is 5.91 Å². The standard InChI is InChI=1S/C42H69NO3/c1-3-5-7-9-11-13-15-17-18-19-20-21-22-23-24-26-28-30-32-34-36-38-42(46)43-40(39-44)41(45)37-35-33-31-29-27-25-16-14-12-10-8-6-4-2/h5,7,11-14,17-18,20-21,23-24,27,29,35,37,40-41,44-45H,3-4,6,8-10,15-16,19,22,25-26,28,30-34,36,38-39H2,1-2H3,(H,43,46)/b7-5-,13-11-,14-12+,18-17-,21-20-,24-23-,29-27+,37-35+. The van der Waals surface area contributed by atoms with Gasteiger partial charge >= 0.3 is 0 Å². The monoisotopic (exact) mass is 636 g/mol. The third-order valence-corrected chi connectivity index (χ3v) is 7.53. The van der Waals surface area contributed by atoms with Crippen LogP contribution in [0.3, 0.4) is 0 Å². The van der Waals surface area contributed by atoms with Crippen molar-refractivity contribution in [1.29, 1.82) is 0 Å². The third-order valence-electron chi connectivity index (χ3n) is 7.53. The SMILES string of the molecule is CC/C=C\C/C=C\C/C=C\C/C=C\C/C=C\CCCCCCCC(=O)NC(CO)C(O)/C=C/CC/C=C/CC/C=C/CCCCC. The van der Waals surface area contributed by atoms with Gasteiger partial charge in [-0.2, -0.15) is 0 Å². The first-order chi connectivity index (χ1) is 22.7. The summed E-state index contributed by atoms with van der Waals surface area (Å²) in [4.78, 5) is 12.3. The zero-order valence-electron chi connectivity index (χ0n) is 29.5. The molecule has 0 rings (SSSR count). The van der Waals surface area contributed by atoms with Gasteiger partial charge in [-0.15, -0.1) is 0 Å². The highest BCUT2D eigenvalue weighted by atomic mass is 16.3. The highest BCUT2D eigenvalue weighted by molar-refractivity contribution is 5.76. The molecule has 2 atom stereocenters. The molecule has 4 nitrogen and oxygen atoms in total. The fourth-order valence-corrected chi connectivity index (χ4v) is 4.70. The predicted octanol–water partition coefficient (Wildman–Crippen LogP) is 11.1. The van der Waals surface area contributed by atoms with Crippen molar-refractivity contribution in [1.82, 2.24) is 5.32 Å². The number of carbonyl (C=O) groups is 1. The van der Waals surface area contributed by atoms with Crippen LogP contribution in [0.1, 0.15) is 142 Å². The molecule has 0 fully saturated rings. The van der Waals surface area contributed by atoms with Crippen molar-refractivity contribution in [3.63, 3.8) is 0 Å². The van der Waals surface area contributed by atoms with E-state index in [0.29, 0.717) is 6.42 Å². The molecule has 260 valence electrons. The Balaban J connectivity index is 3.78. The second-order valence-corrected chi connectivity index (χ2v) is 11.9. The van der Waals surface area contributed by atoms with Crippen molar-refractivity contribution in [2.75, 3.05) is 6.61 Å². The van der Waals surface area contributed by atoms with Crippen molar-refractivity contribution in [2.24, 2.45) is 0 Å². The molecule has 0 saturated carbocycles. The maximum atomic E-state index is 12.3. The van der Waals surface area contributed by atoms with Gasteiger partial charge in [-0.3, -0.25) is 4.79 Å². The lowest BCUT2D eigenvalue weighted by Gasteiger charge is -2.19. The van der Waals surface area contributed by atoms with E-state index in [9.17, 15) is 15.0 Å². The first-order valence-corrected chi connectivity index (χ1v) is 18.5. The summed E-state index contributed by atoms with van der Waals surface area (Å²) in [5.41, 5.74) is 0. The van der Waals surface area contributed by atoms with Crippen LogP contribution in [0.5, 0.6) is 0 Å². The van der Waals surface area contributed by atoms with Crippen LogP contribution in [0.15, 0.2) is 97.2 Å². The average Bonchev–Trinajstić information content (AvgIpc) is 3.06. The lowest BCUT2D eigenvalue weighted by Crippen LogP contribution is -2.45. The van der Waals surface area contributed by atoms with Crippen LogP contribution in [0, 0.1) is 0 Å². The fourth-order valence-electron chi connectivity index (χ4n) is 4.70. The van der Waals surface area contributed by atoms with E-state index in [1.807, 2.05) is 6.08 Å². The minimum atomic E-state index is -0.883. The fraction of sp³-hybridized carbons (Fsp3) is 0.595. The van der Waals surface area contributed by atoms with Crippen LogP contribution in [0.25, 0.3) is 0 Å². The summed E-state index contributed by atoms with van der Waals surface area (Å²) in [5, 5.41) is 22.8. The van der Waals surface area contributed by atoms with E-state index in [4.69, 9.17) is 0 Å². The molecule has 0 spiro atoms. The van der Waals surface area contributed by atoms with Gasteiger partial charge in [-0.05, 0) is 89.9 Å². The molecule has 0 aliphatic heterocycles. The predicted molar refractivity (Wildman–Crippen MR) is 202 cm³/mol. The zero-order chi connectivity index (χ0) is 33.6. The number of rotatable bonds is 31. The molecule has 0 aliphatic rings. The van der Waals surface area contributed by atoms with Crippen molar-refractivity contribution >= 4 is 5.91 Å². The Morgan fingerprint density at radius 1 is 0.543 bits per heavy atom. The molecule has 0 radical (unpaired) electrons. The molecule has 1 amide bonds. The van der Waals surface area contributed by atoms with Gasteiger partial charge in [0.25, 0.3) is 0 Å². The minimum absolute atomic E-state index is 0.104. The molecule has 0 aliphatic carbocycles. The van der Waals surface area contributed by atoms with E-state index in [1.54, 1.807) is 6.08 Å². The summed E-state index contributed by atoms with van der Waals surface area (Å²) in [6, 6.07) is -0.660. The van der Waals surface area contributed by atoms with Crippen LogP contribution >= 0.6 is 0 Å². The van der Waals surface area contributed by atoms with Crippen LogP contribution in [-0.4, -0.2) is 34.9 Å². The summed E-state index contributed by atoms with van der Waals surface area (Å²) >= 11 is 0. The first-order valence-electron chi connectivity index (χ1n) is 18.5. The van der Waals surface area contributed by atoms with Gasteiger partial charge < -0.3 is 15.5 Å². The van der Waals surface area contributed by atoms with E-state index in [1.165, 1.54) is 38.5 Å². The molecule has 46 heavy (non-hydrogen) atoms. The van der Waals surface area contributed by atoms with Gasteiger partial charge in [0.05, 0.1) is 18.8 Å². The first kappa shape index (κ1) is 43.3. The highest BCUT2D eigenvalue weighted by Gasteiger charge is 2.17. The maximum Gasteiger partial charge on any atom is 0.220 e. The normalized spacial score (nSPS) is 14.3. The zero-order valence-corrected chi connectivity index (χ0v) is 29.5. The van der Waals surface area contributed by atoms with Gasteiger partial charge in [-0.25, -0.2) is 0 Å². The van der Waals surface area contributed by atoms with Crippen LogP contribution in [-0.2, 0) is 4.79 Å². The second-order valence-electron chi connectivity index (χ2n) is 11.9. The van der Waals surface area contributed by atoms with Crippen molar-refractivity contribution in [3.8, 4) is 0 Å². The van der Waals surface area contributed by atoms with Gasteiger partial charge in [-0.1, -0.05) is 143 Å². The smallest absolute Gasteiger partial charge is 0.220 e. The number of allylic oxidation sites excluding steroid dienone is 15. The van der Waals surface area contributed by atoms with Crippen LogP contribution in [0.2, 0.25) is 0 Å². The highest BCUT2D eigenvalue weighted by Crippen LogP contribution is 2.09. The third kappa shape index (κ3) is 32.7. The number of nitrogens with one attached hydrogen (secondary N) is 1. The van der Waals surface area contributed by atoms with Gasteiger partial charge in [0.15, 0.2) is 0 Å². The number of amides is 1. The summed E-state index contributed by atoms with van der Waals surface area (Å²) in [5.74, 6) is -0.104. The topological polar surface area (TPSA) is 69.6 Å². The summed E-state index contributed by atoms with van der Waals surface area (Å²) in [6.45, 7) is 4.11. The van der Waals surface area contributed by atoms with Crippen molar-refractivity contribution in [3.05, 3.63) is 97.2 Å². The number of unbranched alkanes of at least 4 members (excludes halogenated alkanes) is 10. The molecule has 0 bridgehead atoms. The number of aliphatic hydroxyl groups excluding tert-OH is 2. The van der Waals surface area contributed by atoms with E-state index < -0.39 is 12.1 Å². The minimum Gasteiger partial charge on any atom is -0.394 e. The molecular weight excluding hydrogens is 566 g/mol. The lowest BCUT2D eigenvalue weighted by molar-refractivity contribution is -0.123. The molecule has 0 aromatic carbocycles. The van der Waals surface area contributed by atoms with Gasteiger partial charge in [0, 0.05) is 6.42 Å². The van der Waals surface area contributed by atoms with Crippen LogP contribution in [0.4, 0.5) is 0 Å². The van der Waals surface area contributed by atoms with Crippen LogP contribution < -0.4 is 5.32 Å². The van der Waals surface area contributed by atoms with Gasteiger partial charge in [0.1, 0.15) is 0 Å². The molecule has 2 unspecified atom stereocenters. The van der Waals surface area contributed by atoms with E-state index in [2.05, 4.69) is 104 Å². The largest absolute Gasteiger partial charge is 0.394 e. The van der Waals surface area contributed by atoms with E-state index in [-0.39, 0.29) is 12.5 Å². The lowest BCUT2D eigenvalue weighted by atomic mass is 10.1. The Bertz CT molecular complexity index is 906. The van der Waals surface area contributed by atoms with E-state index in [0.717, 1.165) is 83.5 Å². The molecule has 0 aromatic heterocycles. The van der Waals surface area contributed by atoms with E-state index >= 15 is 0 Å². The molecular formula is C42H69NO3. The number of aliphatic hydroxyl groups is 2. The van der Waals surface area contributed by atoms with Crippen molar-refractivity contribution in [2.45, 2.75) is 154 Å². The number of hydrogen-bond donors (Lipinski definition) is 3. The summed E-state index contributed by atoms with van der Waals surface area (Å²) in [7, 11) is 0. The molecule has 3 N–H and O–H groups in total. The summed E-state index contributed by atoms with van der Waals surface area (Å²) < 4.78 is 0. The Labute approximate surface area is 283 Å². The quantitative estimate of drug-likeness (QED) is 0.0524. The Morgan fingerprint density at radius 3 is 1.52 bits per heavy atom. The Hall–Kier alpha value is -2.69. The Kier molecular flexibility index (Phi) is 34.6. The average molecular weight is 636 g/mol. The second kappa shape index (κ2) is 36.8.